The minimum Gasteiger partial charge on any atom is -0.384 e. The van der Waals surface area contributed by atoms with Crippen LogP contribution >= 0.6 is 0 Å². The van der Waals surface area contributed by atoms with E-state index in [2.05, 4.69) is 17.2 Å². The first kappa shape index (κ1) is 13.3. The predicted octanol–water partition coefficient (Wildman–Crippen LogP) is 1.93. The van der Waals surface area contributed by atoms with Crippen molar-refractivity contribution in [3.05, 3.63) is 29.3 Å². The first-order valence-corrected chi connectivity index (χ1v) is 5.56. The zero-order chi connectivity index (χ0) is 12.8. The number of carbonyl (C=O) groups excluding carboxylic acids is 1. The van der Waals surface area contributed by atoms with Gasteiger partial charge in [-0.15, -0.1) is 0 Å². The van der Waals surface area contributed by atoms with Crippen molar-refractivity contribution in [3.63, 3.8) is 0 Å². The molecule has 17 heavy (non-hydrogen) atoms. The quantitative estimate of drug-likeness (QED) is 0.764. The van der Waals surface area contributed by atoms with Crippen LogP contribution in [0, 0.1) is 24.7 Å². The largest absolute Gasteiger partial charge is 0.384 e. The Labute approximate surface area is 102 Å². The SMILES string of the molecule is Cc1ccc(NC(=O)C(C)C)cc1C#CCO. The minimum atomic E-state index is -0.165. The van der Waals surface area contributed by atoms with Crippen LogP contribution in [0.4, 0.5) is 5.69 Å². The number of anilines is 1. The van der Waals surface area contributed by atoms with Crippen LogP contribution in [0.15, 0.2) is 18.2 Å². The molecule has 0 aliphatic carbocycles. The maximum Gasteiger partial charge on any atom is 0.226 e. The summed E-state index contributed by atoms with van der Waals surface area (Å²) in [5, 5.41) is 11.5. The van der Waals surface area contributed by atoms with Crippen LogP contribution in [-0.2, 0) is 4.79 Å². The molecule has 3 heteroatoms. The molecule has 0 heterocycles. The molecular weight excluding hydrogens is 214 g/mol. The van der Waals surface area contributed by atoms with E-state index in [0.717, 1.165) is 16.8 Å². The number of rotatable bonds is 2. The highest BCUT2D eigenvalue weighted by atomic mass is 16.2. The van der Waals surface area contributed by atoms with E-state index in [9.17, 15) is 4.79 Å². The average molecular weight is 231 g/mol. The molecule has 0 spiro atoms. The van der Waals surface area contributed by atoms with E-state index >= 15 is 0 Å². The topological polar surface area (TPSA) is 49.3 Å². The van der Waals surface area contributed by atoms with Crippen molar-refractivity contribution in [1.82, 2.24) is 0 Å². The fourth-order valence-corrected chi connectivity index (χ4v) is 1.26. The second kappa shape index (κ2) is 6.07. The number of carbonyl (C=O) groups is 1. The summed E-state index contributed by atoms with van der Waals surface area (Å²) < 4.78 is 0. The van der Waals surface area contributed by atoms with Crippen molar-refractivity contribution in [2.24, 2.45) is 5.92 Å². The Bertz CT molecular complexity index is 467. The second-order valence-electron chi connectivity index (χ2n) is 4.13. The smallest absolute Gasteiger partial charge is 0.226 e. The molecule has 1 amide bonds. The standard InChI is InChI=1S/C14H17NO2/c1-10(2)14(17)15-13-7-6-11(3)12(9-13)5-4-8-16/h6-7,9-10,16H,8H2,1-3H3,(H,15,17). The van der Waals surface area contributed by atoms with Gasteiger partial charge in [0, 0.05) is 17.2 Å². The van der Waals surface area contributed by atoms with Crippen LogP contribution in [0.1, 0.15) is 25.0 Å². The van der Waals surface area contributed by atoms with E-state index in [4.69, 9.17) is 5.11 Å². The van der Waals surface area contributed by atoms with Crippen molar-refractivity contribution in [2.45, 2.75) is 20.8 Å². The summed E-state index contributed by atoms with van der Waals surface area (Å²) >= 11 is 0. The molecule has 0 bridgehead atoms. The molecule has 0 saturated heterocycles. The third kappa shape index (κ3) is 3.93. The summed E-state index contributed by atoms with van der Waals surface area (Å²) in [7, 11) is 0. The van der Waals surface area contributed by atoms with Crippen molar-refractivity contribution >= 4 is 11.6 Å². The second-order valence-corrected chi connectivity index (χ2v) is 4.13. The predicted molar refractivity (Wildman–Crippen MR) is 68.6 cm³/mol. The Morgan fingerprint density at radius 1 is 1.47 bits per heavy atom. The summed E-state index contributed by atoms with van der Waals surface area (Å²) in [6.07, 6.45) is 0. The van der Waals surface area contributed by atoms with Gasteiger partial charge in [-0.25, -0.2) is 0 Å². The lowest BCUT2D eigenvalue weighted by atomic mass is 10.1. The Kier molecular flexibility index (Phi) is 4.74. The highest BCUT2D eigenvalue weighted by molar-refractivity contribution is 5.92. The molecule has 0 radical (unpaired) electrons. The van der Waals surface area contributed by atoms with Gasteiger partial charge in [0.25, 0.3) is 0 Å². The lowest BCUT2D eigenvalue weighted by Gasteiger charge is -2.09. The van der Waals surface area contributed by atoms with Crippen LogP contribution in [0.3, 0.4) is 0 Å². The molecule has 0 aliphatic rings. The number of amides is 1. The maximum absolute atomic E-state index is 11.5. The van der Waals surface area contributed by atoms with Crippen LogP contribution in [-0.4, -0.2) is 17.6 Å². The molecule has 0 atom stereocenters. The van der Waals surface area contributed by atoms with Crippen LogP contribution in [0.5, 0.6) is 0 Å². The van der Waals surface area contributed by atoms with E-state index in [0.29, 0.717) is 0 Å². The van der Waals surface area contributed by atoms with E-state index in [1.165, 1.54) is 0 Å². The lowest BCUT2D eigenvalue weighted by molar-refractivity contribution is -0.118. The van der Waals surface area contributed by atoms with Gasteiger partial charge >= 0.3 is 0 Å². The molecule has 0 aromatic heterocycles. The summed E-state index contributed by atoms with van der Waals surface area (Å²) in [6, 6.07) is 5.56. The van der Waals surface area contributed by atoms with E-state index in [-0.39, 0.29) is 18.4 Å². The van der Waals surface area contributed by atoms with Gasteiger partial charge in [-0.05, 0) is 24.6 Å². The first-order chi connectivity index (χ1) is 8.04. The molecule has 2 N–H and O–H groups in total. The molecular formula is C14H17NO2. The van der Waals surface area contributed by atoms with Gasteiger partial charge in [0.15, 0.2) is 0 Å². The molecule has 0 saturated carbocycles. The fraction of sp³-hybridized carbons (Fsp3) is 0.357. The zero-order valence-corrected chi connectivity index (χ0v) is 10.4. The summed E-state index contributed by atoms with van der Waals surface area (Å²) in [6.45, 7) is 5.46. The van der Waals surface area contributed by atoms with E-state index in [1.54, 1.807) is 0 Å². The molecule has 3 nitrogen and oxygen atoms in total. The van der Waals surface area contributed by atoms with E-state index < -0.39 is 0 Å². The van der Waals surface area contributed by atoms with Crippen LogP contribution < -0.4 is 5.32 Å². The van der Waals surface area contributed by atoms with Gasteiger partial charge in [0.1, 0.15) is 6.61 Å². The van der Waals surface area contributed by atoms with Crippen molar-refractivity contribution in [2.75, 3.05) is 11.9 Å². The van der Waals surface area contributed by atoms with Crippen LogP contribution in [0.25, 0.3) is 0 Å². The minimum absolute atomic E-state index is 0.0186. The number of aliphatic hydroxyl groups is 1. The van der Waals surface area contributed by atoms with Crippen molar-refractivity contribution < 1.29 is 9.90 Å². The number of nitrogens with one attached hydrogen (secondary N) is 1. The highest BCUT2D eigenvalue weighted by Gasteiger charge is 2.07. The monoisotopic (exact) mass is 231 g/mol. The number of hydrogen-bond donors (Lipinski definition) is 2. The molecule has 1 aromatic carbocycles. The van der Waals surface area contributed by atoms with E-state index in [1.807, 2.05) is 39.0 Å². The number of benzene rings is 1. The first-order valence-electron chi connectivity index (χ1n) is 5.56. The van der Waals surface area contributed by atoms with Crippen molar-refractivity contribution in [1.29, 1.82) is 0 Å². The summed E-state index contributed by atoms with van der Waals surface area (Å²) in [5.74, 6) is 5.38. The van der Waals surface area contributed by atoms with Crippen LogP contribution in [0.2, 0.25) is 0 Å². The fourth-order valence-electron chi connectivity index (χ4n) is 1.26. The van der Waals surface area contributed by atoms with Gasteiger partial charge in [0.05, 0.1) is 0 Å². The Morgan fingerprint density at radius 3 is 2.76 bits per heavy atom. The number of aryl methyl sites for hydroxylation is 1. The van der Waals surface area contributed by atoms with Gasteiger partial charge in [-0.2, -0.15) is 0 Å². The van der Waals surface area contributed by atoms with Gasteiger partial charge in [0.2, 0.25) is 5.91 Å². The Balaban J connectivity index is 2.92. The Morgan fingerprint density at radius 2 is 2.18 bits per heavy atom. The third-order valence-corrected chi connectivity index (χ3v) is 2.33. The highest BCUT2D eigenvalue weighted by Crippen LogP contribution is 2.15. The van der Waals surface area contributed by atoms with Crippen molar-refractivity contribution in [3.8, 4) is 11.8 Å². The average Bonchev–Trinajstić information content (AvgIpc) is 2.29. The normalized spacial score (nSPS) is 9.71. The number of hydrogen-bond acceptors (Lipinski definition) is 2. The molecule has 1 rings (SSSR count). The zero-order valence-electron chi connectivity index (χ0n) is 10.4. The maximum atomic E-state index is 11.5. The molecule has 1 aromatic rings. The van der Waals surface area contributed by atoms with Gasteiger partial charge in [-0.1, -0.05) is 31.8 Å². The van der Waals surface area contributed by atoms with Gasteiger partial charge in [-0.3, -0.25) is 4.79 Å². The Hall–Kier alpha value is -1.79. The lowest BCUT2D eigenvalue weighted by Crippen LogP contribution is -2.17. The van der Waals surface area contributed by atoms with Gasteiger partial charge < -0.3 is 10.4 Å². The molecule has 0 unspecified atom stereocenters. The summed E-state index contributed by atoms with van der Waals surface area (Å²) in [4.78, 5) is 11.5. The molecule has 90 valence electrons. The number of aliphatic hydroxyl groups excluding tert-OH is 1. The molecule has 0 fully saturated rings. The molecule has 0 aliphatic heterocycles. The summed E-state index contributed by atoms with van der Waals surface area (Å²) in [5.41, 5.74) is 2.57. The third-order valence-electron chi connectivity index (χ3n) is 2.33.